The van der Waals surface area contributed by atoms with Crippen molar-refractivity contribution in [2.45, 2.75) is 6.42 Å². The van der Waals surface area contributed by atoms with E-state index < -0.39 is 21.7 Å². The number of aromatic carboxylic acids is 1. The molecule has 0 radical (unpaired) electrons. The van der Waals surface area contributed by atoms with Crippen molar-refractivity contribution in [2.24, 2.45) is 5.92 Å². The number of benzene rings is 1. The van der Waals surface area contributed by atoms with Gasteiger partial charge in [0.15, 0.2) is 15.6 Å². The molecule has 6 heteroatoms. The zero-order valence-electron chi connectivity index (χ0n) is 9.50. The largest absolute Gasteiger partial charge is 0.478 e. The number of carboxylic acid groups (broad SMARTS) is 1. The Morgan fingerprint density at radius 1 is 1.11 bits per heavy atom. The second-order valence-corrected chi connectivity index (χ2v) is 6.58. The molecular weight excluding hydrogens is 256 g/mol. The monoisotopic (exact) mass is 268 g/mol. The maximum Gasteiger partial charge on any atom is 0.335 e. The minimum Gasteiger partial charge on any atom is -0.478 e. The van der Waals surface area contributed by atoms with E-state index in [-0.39, 0.29) is 22.9 Å². The predicted molar refractivity (Wildman–Crippen MR) is 64.5 cm³/mol. The second-order valence-electron chi connectivity index (χ2n) is 4.35. The van der Waals surface area contributed by atoms with Crippen LogP contribution in [-0.2, 0) is 9.84 Å². The molecule has 0 saturated carbocycles. The highest BCUT2D eigenvalue weighted by atomic mass is 32.2. The molecule has 0 bridgehead atoms. The van der Waals surface area contributed by atoms with Crippen LogP contribution in [0.15, 0.2) is 24.3 Å². The molecule has 0 aliphatic carbocycles. The van der Waals surface area contributed by atoms with Gasteiger partial charge >= 0.3 is 5.97 Å². The lowest BCUT2D eigenvalue weighted by Gasteiger charge is -2.06. The summed E-state index contributed by atoms with van der Waals surface area (Å²) >= 11 is 0. The second kappa shape index (κ2) is 4.53. The van der Waals surface area contributed by atoms with Crippen LogP contribution >= 0.6 is 0 Å². The van der Waals surface area contributed by atoms with E-state index in [2.05, 4.69) is 0 Å². The molecule has 0 aromatic heterocycles. The van der Waals surface area contributed by atoms with Gasteiger partial charge in [0, 0.05) is 11.5 Å². The van der Waals surface area contributed by atoms with Gasteiger partial charge in [-0.1, -0.05) is 12.1 Å². The minimum absolute atomic E-state index is 0.0522. The highest BCUT2D eigenvalue weighted by Gasteiger charge is 2.33. The van der Waals surface area contributed by atoms with Gasteiger partial charge in [-0.25, -0.2) is 13.2 Å². The smallest absolute Gasteiger partial charge is 0.335 e. The van der Waals surface area contributed by atoms with Crippen LogP contribution in [-0.4, -0.2) is 36.8 Å². The summed E-state index contributed by atoms with van der Waals surface area (Å²) in [5.41, 5.74) is 0.465. The fraction of sp³-hybridized carbons (Fsp3) is 0.333. The predicted octanol–water partition coefficient (Wildman–Crippen LogP) is 1.00. The highest BCUT2D eigenvalue weighted by Crippen LogP contribution is 2.22. The average molecular weight is 268 g/mol. The van der Waals surface area contributed by atoms with Gasteiger partial charge in [0.2, 0.25) is 0 Å². The number of rotatable bonds is 3. The topological polar surface area (TPSA) is 88.5 Å². The summed E-state index contributed by atoms with van der Waals surface area (Å²) in [5.74, 6) is -1.83. The molecule has 2 rings (SSSR count). The van der Waals surface area contributed by atoms with Gasteiger partial charge < -0.3 is 5.11 Å². The molecule has 96 valence electrons. The first-order valence-corrected chi connectivity index (χ1v) is 7.29. The first-order chi connectivity index (χ1) is 8.39. The fourth-order valence-electron chi connectivity index (χ4n) is 2.01. The van der Waals surface area contributed by atoms with Crippen LogP contribution in [0, 0.1) is 5.92 Å². The van der Waals surface area contributed by atoms with Crippen molar-refractivity contribution in [3.05, 3.63) is 35.4 Å². The molecule has 1 N–H and O–H groups in total. The summed E-state index contributed by atoms with van der Waals surface area (Å²) < 4.78 is 22.6. The van der Waals surface area contributed by atoms with Crippen molar-refractivity contribution in [1.82, 2.24) is 0 Å². The Bertz CT molecular complexity index is 585. The van der Waals surface area contributed by atoms with E-state index in [9.17, 15) is 18.0 Å². The van der Waals surface area contributed by atoms with E-state index in [1.165, 1.54) is 24.3 Å². The van der Waals surface area contributed by atoms with E-state index in [1.54, 1.807) is 0 Å². The lowest BCUT2D eigenvalue weighted by molar-refractivity contribution is 0.0696. The number of carbonyl (C=O) groups excluding carboxylic acids is 1. The number of hydrogen-bond acceptors (Lipinski definition) is 4. The molecule has 1 aliphatic heterocycles. The number of ketones is 1. The molecule has 1 heterocycles. The molecule has 0 amide bonds. The van der Waals surface area contributed by atoms with Crippen molar-refractivity contribution in [2.75, 3.05) is 11.5 Å². The standard InChI is InChI=1S/C12H12O5S/c13-11(10-5-6-18(16,17)7-10)8-1-3-9(4-2-8)12(14)15/h1-4,10H,5-7H2,(H,14,15). The summed E-state index contributed by atoms with van der Waals surface area (Å²) in [7, 11) is -3.09. The lowest BCUT2D eigenvalue weighted by atomic mass is 9.96. The Morgan fingerprint density at radius 3 is 2.11 bits per heavy atom. The molecule has 1 unspecified atom stereocenters. The quantitative estimate of drug-likeness (QED) is 0.826. The minimum atomic E-state index is -3.09. The van der Waals surface area contributed by atoms with Crippen molar-refractivity contribution >= 4 is 21.6 Å². The Labute approximate surface area is 104 Å². The third kappa shape index (κ3) is 2.59. The van der Waals surface area contributed by atoms with Crippen LogP contribution in [0.2, 0.25) is 0 Å². The zero-order chi connectivity index (χ0) is 13.3. The van der Waals surface area contributed by atoms with Crippen LogP contribution in [0.4, 0.5) is 0 Å². The van der Waals surface area contributed by atoms with Crippen molar-refractivity contribution in [1.29, 1.82) is 0 Å². The molecule has 1 atom stereocenters. The number of sulfone groups is 1. The van der Waals surface area contributed by atoms with Gasteiger partial charge in [-0.2, -0.15) is 0 Å². The number of hydrogen-bond donors (Lipinski definition) is 1. The highest BCUT2D eigenvalue weighted by molar-refractivity contribution is 7.91. The summed E-state index contributed by atoms with van der Waals surface area (Å²) in [5, 5.41) is 8.73. The Kier molecular flexibility index (Phi) is 3.21. The van der Waals surface area contributed by atoms with E-state index in [0.717, 1.165) is 0 Å². The Morgan fingerprint density at radius 2 is 1.67 bits per heavy atom. The normalized spacial score (nSPS) is 21.7. The Hall–Kier alpha value is -1.69. The summed E-state index contributed by atoms with van der Waals surface area (Å²) in [4.78, 5) is 22.7. The van der Waals surface area contributed by atoms with Gasteiger partial charge in [-0.15, -0.1) is 0 Å². The molecule has 1 fully saturated rings. The van der Waals surface area contributed by atoms with E-state index in [1.807, 2.05) is 0 Å². The van der Waals surface area contributed by atoms with E-state index in [4.69, 9.17) is 5.11 Å². The third-order valence-corrected chi connectivity index (χ3v) is 4.79. The van der Waals surface area contributed by atoms with Crippen molar-refractivity contribution in [3.63, 3.8) is 0 Å². The van der Waals surface area contributed by atoms with E-state index in [0.29, 0.717) is 12.0 Å². The zero-order valence-corrected chi connectivity index (χ0v) is 10.3. The molecule has 5 nitrogen and oxygen atoms in total. The third-order valence-electron chi connectivity index (χ3n) is 3.02. The van der Waals surface area contributed by atoms with Crippen LogP contribution < -0.4 is 0 Å². The molecule has 1 aromatic rings. The van der Waals surface area contributed by atoms with Crippen LogP contribution in [0.5, 0.6) is 0 Å². The van der Waals surface area contributed by atoms with Gasteiger partial charge in [0.05, 0.1) is 17.1 Å². The molecule has 18 heavy (non-hydrogen) atoms. The fourth-order valence-corrected chi connectivity index (χ4v) is 3.76. The molecule has 1 saturated heterocycles. The van der Waals surface area contributed by atoms with Gasteiger partial charge in [0.25, 0.3) is 0 Å². The maximum absolute atomic E-state index is 12.0. The molecule has 1 aromatic carbocycles. The first-order valence-electron chi connectivity index (χ1n) is 5.47. The summed E-state index contributed by atoms with van der Waals surface area (Å²) in [6.45, 7) is 0. The Balaban J connectivity index is 2.17. The number of carbonyl (C=O) groups is 2. The van der Waals surface area contributed by atoms with Crippen molar-refractivity contribution in [3.8, 4) is 0 Å². The summed E-state index contributed by atoms with van der Waals surface area (Å²) in [6.07, 6.45) is 0.349. The van der Waals surface area contributed by atoms with Crippen molar-refractivity contribution < 1.29 is 23.1 Å². The van der Waals surface area contributed by atoms with Crippen LogP contribution in [0.25, 0.3) is 0 Å². The van der Waals surface area contributed by atoms with Gasteiger partial charge in [-0.3, -0.25) is 4.79 Å². The van der Waals surface area contributed by atoms with Gasteiger partial charge in [0.1, 0.15) is 0 Å². The molecule has 0 spiro atoms. The number of carboxylic acids is 1. The SMILES string of the molecule is O=C(O)c1ccc(C(=O)C2CCS(=O)(=O)C2)cc1. The number of Topliss-reactive ketones (excluding diaryl/α,β-unsaturated/α-hetero) is 1. The van der Waals surface area contributed by atoms with Crippen LogP contribution in [0.1, 0.15) is 27.1 Å². The molecular formula is C12H12O5S. The van der Waals surface area contributed by atoms with E-state index >= 15 is 0 Å². The maximum atomic E-state index is 12.0. The van der Waals surface area contributed by atoms with Crippen LogP contribution in [0.3, 0.4) is 0 Å². The first kappa shape index (κ1) is 12.8. The summed E-state index contributed by atoms with van der Waals surface area (Å²) in [6, 6.07) is 5.55. The van der Waals surface area contributed by atoms with Gasteiger partial charge in [-0.05, 0) is 18.6 Å². The lowest BCUT2D eigenvalue weighted by Crippen LogP contribution is -2.16. The average Bonchev–Trinajstić information content (AvgIpc) is 2.69. The molecule has 1 aliphatic rings.